The van der Waals surface area contributed by atoms with E-state index in [9.17, 15) is 8.42 Å². The molecule has 3 aliphatic rings. The molecule has 4 nitrogen and oxygen atoms in total. The molecule has 2 heterocycles. The molecular weight excluding hydrogens is 250 g/mol. The highest BCUT2D eigenvalue weighted by Gasteiger charge is 2.42. The maximum Gasteiger partial charge on any atom is 0.214 e. The maximum absolute atomic E-state index is 12.3. The van der Waals surface area contributed by atoms with E-state index in [1.165, 1.54) is 12.8 Å². The van der Waals surface area contributed by atoms with Gasteiger partial charge in [-0.15, -0.1) is 0 Å². The van der Waals surface area contributed by atoms with Crippen LogP contribution in [-0.4, -0.2) is 44.8 Å². The van der Waals surface area contributed by atoms with Crippen LogP contribution in [0.2, 0.25) is 0 Å². The minimum absolute atomic E-state index is 0.130. The first-order chi connectivity index (χ1) is 8.60. The average Bonchev–Trinajstić information content (AvgIpc) is 3.09. The van der Waals surface area contributed by atoms with Crippen molar-refractivity contribution in [3.05, 3.63) is 0 Å². The van der Waals surface area contributed by atoms with Crippen LogP contribution in [0.25, 0.3) is 0 Å². The highest BCUT2D eigenvalue weighted by molar-refractivity contribution is 7.89. The predicted octanol–water partition coefficient (Wildman–Crippen LogP) is 1.62. The van der Waals surface area contributed by atoms with E-state index in [1.54, 1.807) is 4.31 Å². The molecule has 3 rings (SSSR count). The summed E-state index contributed by atoms with van der Waals surface area (Å²) in [6.07, 6.45) is 6.47. The molecule has 2 aliphatic heterocycles. The van der Waals surface area contributed by atoms with E-state index < -0.39 is 10.0 Å². The molecule has 0 N–H and O–H groups in total. The minimum atomic E-state index is -3.02. The van der Waals surface area contributed by atoms with Crippen LogP contribution in [0.1, 0.15) is 38.5 Å². The molecule has 0 bridgehead atoms. The summed E-state index contributed by atoms with van der Waals surface area (Å²) in [4.78, 5) is 0. The van der Waals surface area contributed by atoms with Crippen molar-refractivity contribution in [2.24, 2.45) is 11.3 Å². The Morgan fingerprint density at radius 1 is 1.28 bits per heavy atom. The fraction of sp³-hybridized carbons (Fsp3) is 1.00. The second kappa shape index (κ2) is 4.76. The molecular formula is C13H23NO3S. The molecule has 1 saturated carbocycles. The molecule has 0 aromatic carbocycles. The van der Waals surface area contributed by atoms with Gasteiger partial charge in [0.25, 0.3) is 0 Å². The topological polar surface area (TPSA) is 46.6 Å². The van der Waals surface area contributed by atoms with Crippen molar-refractivity contribution in [1.82, 2.24) is 4.31 Å². The smallest absolute Gasteiger partial charge is 0.214 e. The Balaban J connectivity index is 1.63. The van der Waals surface area contributed by atoms with E-state index in [-0.39, 0.29) is 5.41 Å². The SMILES string of the molecule is O=S(=O)(CCC1CC1)N1CCCC2(CCOC2)C1. The fourth-order valence-corrected chi connectivity index (χ4v) is 4.99. The standard InChI is InChI=1S/C13H23NO3S/c15-18(16,9-4-12-2-3-12)14-7-1-5-13(10-14)6-8-17-11-13/h12H,1-11H2. The van der Waals surface area contributed by atoms with Gasteiger partial charge in [-0.1, -0.05) is 12.8 Å². The van der Waals surface area contributed by atoms with Gasteiger partial charge < -0.3 is 4.74 Å². The fourth-order valence-electron chi connectivity index (χ4n) is 3.22. The second-order valence-electron chi connectivity index (χ2n) is 6.29. The lowest BCUT2D eigenvalue weighted by atomic mass is 9.80. The zero-order valence-electron chi connectivity index (χ0n) is 10.9. The van der Waals surface area contributed by atoms with Crippen LogP contribution in [0.5, 0.6) is 0 Å². The zero-order chi connectivity index (χ0) is 12.6. The first kappa shape index (κ1) is 12.9. The second-order valence-corrected chi connectivity index (χ2v) is 8.38. The molecule has 1 unspecified atom stereocenters. The van der Waals surface area contributed by atoms with Crippen LogP contribution in [0.3, 0.4) is 0 Å². The Morgan fingerprint density at radius 3 is 2.78 bits per heavy atom. The predicted molar refractivity (Wildman–Crippen MR) is 69.8 cm³/mol. The number of hydrogen-bond acceptors (Lipinski definition) is 3. The Bertz CT molecular complexity index is 396. The third-order valence-electron chi connectivity index (χ3n) is 4.69. The van der Waals surface area contributed by atoms with Crippen molar-refractivity contribution in [3.63, 3.8) is 0 Å². The van der Waals surface area contributed by atoms with Gasteiger partial charge in [-0.05, 0) is 31.6 Å². The molecule has 1 aliphatic carbocycles. The summed E-state index contributed by atoms with van der Waals surface area (Å²) in [5, 5.41) is 0. The van der Waals surface area contributed by atoms with Gasteiger partial charge in [-0.3, -0.25) is 0 Å². The zero-order valence-corrected chi connectivity index (χ0v) is 11.8. The molecule has 104 valence electrons. The largest absolute Gasteiger partial charge is 0.381 e. The van der Waals surface area contributed by atoms with Crippen LogP contribution in [0, 0.1) is 11.3 Å². The van der Waals surface area contributed by atoms with Gasteiger partial charge in [0, 0.05) is 25.1 Å². The van der Waals surface area contributed by atoms with E-state index in [2.05, 4.69) is 0 Å². The van der Waals surface area contributed by atoms with Crippen LogP contribution < -0.4 is 0 Å². The number of piperidine rings is 1. The monoisotopic (exact) mass is 273 g/mol. The molecule has 0 radical (unpaired) electrons. The van der Waals surface area contributed by atoms with Gasteiger partial charge in [0.1, 0.15) is 0 Å². The molecule has 1 spiro atoms. The molecule has 5 heteroatoms. The van der Waals surface area contributed by atoms with Crippen molar-refractivity contribution in [2.45, 2.75) is 38.5 Å². The normalized spacial score (nSPS) is 34.2. The Morgan fingerprint density at radius 2 is 2.11 bits per heavy atom. The summed E-state index contributed by atoms with van der Waals surface area (Å²) in [7, 11) is -3.02. The lowest BCUT2D eigenvalue weighted by molar-refractivity contribution is 0.105. The molecule has 2 saturated heterocycles. The number of hydrogen-bond donors (Lipinski definition) is 0. The molecule has 0 aromatic heterocycles. The van der Waals surface area contributed by atoms with Gasteiger partial charge >= 0.3 is 0 Å². The van der Waals surface area contributed by atoms with E-state index in [0.717, 1.165) is 45.4 Å². The van der Waals surface area contributed by atoms with Crippen molar-refractivity contribution in [3.8, 4) is 0 Å². The summed E-state index contributed by atoms with van der Waals surface area (Å²) in [5.74, 6) is 1.04. The highest BCUT2D eigenvalue weighted by Crippen LogP contribution is 2.39. The quantitative estimate of drug-likeness (QED) is 0.782. The van der Waals surface area contributed by atoms with Gasteiger partial charge in [-0.25, -0.2) is 12.7 Å². The van der Waals surface area contributed by atoms with E-state index in [1.807, 2.05) is 0 Å². The summed E-state index contributed by atoms with van der Waals surface area (Å²) >= 11 is 0. The van der Waals surface area contributed by atoms with Crippen LogP contribution in [-0.2, 0) is 14.8 Å². The number of ether oxygens (including phenoxy) is 1. The van der Waals surface area contributed by atoms with Crippen LogP contribution >= 0.6 is 0 Å². The minimum Gasteiger partial charge on any atom is -0.381 e. The molecule has 3 fully saturated rings. The molecule has 18 heavy (non-hydrogen) atoms. The van der Waals surface area contributed by atoms with Crippen molar-refractivity contribution >= 4 is 10.0 Å². The molecule has 1 atom stereocenters. The number of nitrogens with zero attached hydrogens (tertiary/aromatic N) is 1. The van der Waals surface area contributed by atoms with Crippen molar-refractivity contribution < 1.29 is 13.2 Å². The van der Waals surface area contributed by atoms with Crippen LogP contribution in [0.15, 0.2) is 0 Å². The number of rotatable bonds is 4. The third-order valence-corrected chi connectivity index (χ3v) is 6.54. The van der Waals surface area contributed by atoms with E-state index in [0.29, 0.717) is 18.2 Å². The first-order valence-electron chi connectivity index (χ1n) is 7.15. The summed E-state index contributed by atoms with van der Waals surface area (Å²) in [6.45, 7) is 2.96. The third kappa shape index (κ3) is 2.73. The van der Waals surface area contributed by atoms with E-state index >= 15 is 0 Å². The van der Waals surface area contributed by atoms with Crippen molar-refractivity contribution in [1.29, 1.82) is 0 Å². The first-order valence-corrected chi connectivity index (χ1v) is 8.76. The Hall–Kier alpha value is -0.130. The lowest BCUT2D eigenvalue weighted by Crippen LogP contribution is -2.47. The average molecular weight is 273 g/mol. The Kier molecular flexibility index (Phi) is 3.41. The summed E-state index contributed by atoms with van der Waals surface area (Å²) < 4.78 is 31.9. The van der Waals surface area contributed by atoms with Crippen molar-refractivity contribution in [2.75, 3.05) is 32.1 Å². The highest BCUT2D eigenvalue weighted by atomic mass is 32.2. The Labute approximate surface area is 110 Å². The summed E-state index contributed by atoms with van der Waals surface area (Å²) in [6, 6.07) is 0. The lowest BCUT2D eigenvalue weighted by Gasteiger charge is -2.38. The van der Waals surface area contributed by atoms with Crippen LogP contribution in [0.4, 0.5) is 0 Å². The van der Waals surface area contributed by atoms with Gasteiger partial charge in [0.05, 0.1) is 12.4 Å². The number of sulfonamides is 1. The molecule has 0 amide bonds. The van der Waals surface area contributed by atoms with Gasteiger partial charge in [0.2, 0.25) is 10.0 Å². The van der Waals surface area contributed by atoms with Gasteiger partial charge in [-0.2, -0.15) is 0 Å². The summed E-state index contributed by atoms with van der Waals surface area (Å²) in [5.41, 5.74) is 0.130. The van der Waals surface area contributed by atoms with Gasteiger partial charge in [0.15, 0.2) is 0 Å². The van der Waals surface area contributed by atoms with E-state index in [4.69, 9.17) is 4.74 Å². The maximum atomic E-state index is 12.3. The molecule has 0 aromatic rings.